The first-order valence-corrected chi connectivity index (χ1v) is 12.2. The number of thiazole rings is 1. The van der Waals surface area contributed by atoms with E-state index in [4.69, 9.17) is 16.3 Å². The summed E-state index contributed by atoms with van der Waals surface area (Å²) in [6.07, 6.45) is 3.49. The lowest BCUT2D eigenvalue weighted by atomic mass is 9.75. The van der Waals surface area contributed by atoms with Crippen molar-refractivity contribution in [1.82, 2.24) is 19.7 Å². The Bertz CT molecular complexity index is 923. The third-order valence-corrected chi connectivity index (χ3v) is 7.47. The molecule has 2 fully saturated rings. The Kier molecular flexibility index (Phi) is 7.33. The number of piperazine rings is 1. The fourth-order valence-electron chi connectivity index (χ4n) is 4.32. The van der Waals surface area contributed by atoms with E-state index in [0.29, 0.717) is 41.8 Å². The zero-order valence-corrected chi connectivity index (χ0v) is 19.9. The van der Waals surface area contributed by atoms with Crippen molar-refractivity contribution < 1.29 is 14.3 Å². The van der Waals surface area contributed by atoms with E-state index in [9.17, 15) is 9.59 Å². The van der Waals surface area contributed by atoms with Gasteiger partial charge in [-0.05, 0) is 38.1 Å². The third-order valence-electron chi connectivity index (χ3n) is 6.48. The van der Waals surface area contributed by atoms with Crippen LogP contribution in [0.15, 0.2) is 36.0 Å². The van der Waals surface area contributed by atoms with Crippen LogP contribution in [0.25, 0.3) is 0 Å². The molecular formula is C23H29ClN4O3S. The van der Waals surface area contributed by atoms with Gasteiger partial charge in [0.15, 0.2) is 0 Å². The highest BCUT2D eigenvalue weighted by Gasteiger charge is 2.40. The second-order valence-corrected chi connectivity index (χ2v) is 10.1. The van der Waals surface area contributed by atoms with Crippen molar-refractivity contribution in [2.24, 2.45) is 5.41 Å². The highest BCUT2D eigenvalue weighted by molar-refractivity contribution is 7.11. The summed E-state index contributed by atoms with van der Waals surface area (Å²) in [5.41, 5.74) is 1.36. The van der Waals surface area contributed by atoms with E-state index in [1.165, 1.54) is 11.3 Å². The second kappa shape index (κ2) is 10.2. The maximum Gasteiger partial charge on any atom is 0.265 e. The lowest BCUT2D eigenvalue weighted by Crippen LogP contribution is -2.51. The van der Waals surface area contributed by atoms with Crippen molar-refractivity contribution in [2.45, 2.75) is 19.3 Å². The number of carbonyl (C=O) groups excluding carboxylic acids is 2. The molecular weight excluding hydrogens is 448 g/mol. The number of nitrogens with zero attached hydrogens (tertiary/aromatic N) is 4. The van der Waals surface area contributed by atoms with E-state index in [1.807, 2.05) is 28.0 Å². The molecule has 2 aromatic rings. The van der Waals surface area contributed by atoms with Gasteiger partial charge in [-0.15, -0.1) is 11.3 Å². The molecule has 0 bridgehead atoms. The number of halogens is 1. The van der Waals surface area contributed by atoms with Gasteiger partial charge in [0.1, 0.15) is 10.6 Å². The minimum atomic E-state index is -0.312. The molecule has 2 aliphatic heterocycles. The second-order valence-electron chi connectivity index (χ2n) is 8.76. The number of benzene rings is 1. The molecule has 32 heavy (non-hydrogen) atoms. The van der Waals surface area contributed by atoms with Crippen LogP contribution in [0.1, 0.15) is 28.9 Å². The molecule has 0 saturated carbocycles. The van der Waals surface area contributed by atoms with Gasteiger partial charge < -0.3 is 19.4 Å². The van der Waals surface area contributed by atoms with Gasteiger partial charge in [-0.3, -0.25) is 14.6 Å². The molecule has 0 unspecified atom stereocenters. The van der Waals surface area contributed by atoms with E-state index in [-0.39, 0.29) is 17.2 Å². The standard InChI is InChI=1S/C23H29ClN4O3S/c1-26-9-11-27(12-10-26)21(29)14-23(16-31-19-4-2-3-18(24)13-19)5-7-28(8-6-23)22(30)20-15-25-17-32-20/h2-4,13,15,17H,5-12,14,16H2,1H3. The highest BCUT2D eigenvalue weighted by atomic mass is 35.5. The molecule has 2 amide bonds. The van der Waals surface area contributed by atoms with Crippen LogP contribution in [0.3, 0.4) is 0 Å². The molecule has 7 nitrogen and oxygen atoms in total. The van der Waals surface area contributed by atoms with Crippen LogP contribution in [0.5, 0.6) is 5.75 Å². The molecule has 0 aliphatic carbocycles. The Hall–Kier alpha value is -2.16. The van der Waals surface area contributed by atoms with Crippen LogP contribution in [0, 0.1) is 5.41 Å². The number of ether oxygens (including phenoxy) is 1. The van der Waals surface area contributed by atoms with Crippen molar-refractivity contribution in [3.05, 3.63) is 45.9 Å². The summed E-state index contributed by atoms with van der Waals surface area (Å²) in [6.45, 7) is 4.95. The first-order chi connectivity index (χ1) is 15.4. The number of aromatic nitrogens is 1. The number of piperidine rings is 1. The van der Waals surface area contributed by atoms with Crippen LogP contribution in [0.4, 0.5) is 0 Å². The Labute approximate surface area is 197 Å². The van der Waals surface area contributed by atoms with E-state index < -0.39 is 0 Å². The summed E-state index contributed by atoms with van der Waals surface area (Å²) in [4.78, 5) is 36.7. The molecule has 0 atom stereocenters. The van der Waals surface area contributed by atoms with E-state index in [1.54, 1.807) is 17.8 Å². The summed E-state index contributed by atoms with van der Waals surface area (Å²) in [5, 5.41) is 0.620. The van der Waals surface area contributed by atoms with Gasteiger partial charge in [0, 0.05) is 56.1 Å². The van der Waals surface area contributed by atoms with Crippen molar-refractivity contribution in [3.63, 3.8) is 0 Å². The molecule has 4 rings (SSSR count). The number of carbonyl (C=O) groups is 2. The Morgan fingerprint density at radius 3 is 2.53 bits per heavy atom. The number of hydrogen-bond acceptors (Lipinski definition) is 6. The fraction of sp³-hybridized carbons (Fsp3) is 0.522. The molecule has 172 valence electrons. The number of amides is 2. The number of hydrogen-bond donors (Lipinski definition) is 0. The zero-order valence-electron chi connectivity index (χ0n) is 18.3. The molecule has 2 aliphatic rings. The van der Waals surface area contributed by atoms with Crippen LogP contribution < -0.4 is 4.74 Å². The number of likely N-dealkylation sites (N-methyl/N-ethyl adjacent to an activating group) is 1. The van der Waals surface area contributed by atoms with Gasteiger partial charge in [0.2, 0.25) is 5.91 Å². The first-order valence-electron chi connectivity index (χ1n) is 11.0. The van der Waals surface area contributed by atoms with Crippen LogP contribution in [-0.4, -0.2) is 84.4 Å². The SMILES string of the molecule is CN1CCN(C(=O)CC2(COc3cccc(Cl)c3)CCN(C(=O)c3cncs3)CC2)CC1. The zero-order chi connectivity index (χ0) is 22.6. The predicted octanol–water partition coefficient (Wildman–Crippen LogP) is 3.26. The first kappa shape index (κ1) is 23.0. The Morgan fingerprint density at radius 1 is 1.12 bits per heavy atom. The quantitative estimate of drug-likeness (QED) is 0.640. The van der Waals surface area contributed by atoms with Gasteiger partial charge in [0.25, 0.3) is 5.91 Å². The molecule has 0 spiro atoms. The average molecular weight is 477 g/mol. The predicted molar refractivity (Wildman–Crippen MR) is 125 cm³/mol. The largest absolute Gasteiger partial charge is 0.493 e. The van der Waals surface area contributed by atoms with Crippen molar-refractivity contribution in [1.29, 1.82) is 0 Å². The average Bonchev–Trinajstić information content (AvgIpc) is 3.33. The molecule has 0 radical (unpaired) electrons. The van der Waals surface area contributed by atoms with Gasteiger partial charge >= 0.3 is 0 Å². The van der Waals surface area contributed by atoms with E-state index >= 15 is 0 Å². The van der Waals surface area contributed by atoms with Crippen LogP contribution >= 0.6 is 22.9 Å². The van der Waals surface area contributed by atoms with Gasteiger partial charge in [0.05, 0.1) is 18.3 Å². The lowest BCUT2D eigenvalue weighted by molar-refractivity contribution is -0.136. The number of rotatable bonds is 6. The van der Waals surface area contributed by atoms with Gasteiger partial charge in [-0.25, -0.2) is 0 Å². The lowest BCUT2D eigenvalue weighted by Gasteiger charge is -2.42. The number of likely N-dealkylation sites (tertiary alicyclic amines) is 1. The highest BCUT2D eigenvalue weighted by Crippen LogP contribution is 2.37. The normalized spacial score (nSPS) is 19.1. The van der Waals surface area contributed by atoms with E-state index in [0.717, 1.165) is 39.0 Å². The maximum absolute atomic E-state index is 13.2. The Morgan fingerprint density at radius 2 is 1.88 bits per heavy atom. The topological polar surface area (TPSA) is 66.0 Å². The molecule has 9 heteroatoms. The minimum Gasteiger partial charge on any atom is -0.493 e. The summed E-state index contributed by atoms with van der Waals surface area (Å²) < 4.78 is 6.13. The summed E-state index contributed by atoms with van der Waals surface area (Å²) in [6, 6.07) is 7.34. The molecule has 0 N–H and O–H groups in total. The molecule has 2 saturated heterocycles. The van der Waals surface area contributed by atoms with Crippen molar-refractivity contribution >= 4 is 34.8 Å². The van der Waals surface area contributed by atoms with Crippen molar-refractivity contribution in [3.8, 4) is 5.75 Å². The summed E-state index contributed by atoms with van der Waals surface area (Å²) in [7, 11) is 2.08. The Balaban J connectivity index is 1.44. The summed E-state index contributed by atoms with van der Waals surface area (Å²) in [5.74, 6) is 0.893. The molecule has 1 aromatic heterocycles. The van der Waals surface area contributed by atoms with E-state index in [2.05, 4.69) is 16.9 Å². The monoisotopic (exact) mass is 476 g/mol. The smallest absolute Gasteiger partial charge is 0.265 e. The minimum absolute atomic E-state index is 0.0160. The molecule has 3 heterocycles. The van der Waals surface area contributed by atoms with Gasteiger partial charge in [-0.2, -0.15) is 0 Å². The van der Waals surface area contributed by atoms with Crippen LogP contribution in [0.2, 0.25) is 5.02 Å². The molecule has 1 aromatic carbocycles. The third kappa shape index (κ3) is 5.60. The maximum atomic E-state index is 13.2. The van der Waals surface area contributed by atoms with Crippen LogP contribution in [-0.2, 0) is 4.79 Å². The van der Waals surface area contributed by atoms with Crippen molar-refractivity contribution in [2.75, 3.05) is 52.9 Å². The fourth-order valence-corrected chi connectivity index (χ4v) is 5.08. The van der Waals surface area contributed by atoms with Gasteiger partial charge in [-0.1, -0.05) is 17.7 Å². The summed E-state index contributed by atoms with van der Waals surface area (Å²) >= 11 is 7.47.